The lowest BCUT2D eigenvalue weighted by Crippen LogP contribution is -2.07. The molecular weight excluding hydrogens is 266 g/mol. The van der Waals surface area contributed by atoms with E-state index in [1.807, 2.05) is 30.3 Å². The summed E-state index contributed by atoms with van der Waals surface area (Å²) in [6, 6.07) is 15.4. The minimum Gasteiger partial charge on any atom is -0.434 e. The molecule has 0 radical (unpaired) electrons. The maximum Gasteiger partial charge on any atom is 0.256 e. The Balaban J connectivity index is 1.83. The molecule has 1 aliphatic heterocycles. The molecule has 1 heterocycles. The van der Waals surface area contributed by atoms with Gasteiger partial charge >= 0.3 is 0 Å². The van der Waals surface area contributed by atoms with Crippen LogP contribution in [0.4, 0.5) is 5.69 Å². The van der Waals surface area contributed by atoms with Crippen molar-refractivity contribution in [3.8, 4) is 5.75 Å². The minimum atomic E-state index is 0.677. The van der Waals surface area contributed by atoms with Gasteiger partial charge in [-0.2, -0.15) is 0 Å². The Morgan fingerprint density at radius 1 is 1.06 bits per heavy atom. The molecule has 0 N–H and O–H groups in total. The SMILES string of the molecule is Clc1ccc(OC2=Nc3ccccc3CS2)cc1. The third-order valence-electron chi connectivity index (χ3n) is 2.57. The molecule has 2 aromatic carbocycles. The lowest BCUT2D eigenvalue weighted by molar-refractivity contribution is 0.566. The van der Waals surface area contributed by atoms with Crippen LogP contribution in [0, 0.1) is 0 Å². The summed E-state index contributed by atoms with van der Waals surface area (Å²) >= 11 is 7.43. The number of halogens is 1. The molecule has 0 fully saturated rings. The average molecular weight is 276 g/mol. The Kier molecular flexibility index (Phi) is 3.26. The van der Waals surface area contributed by atoms with Gasteiger partial charge in [-0.15, -0.1) is 0 Å². The van der Waals surface area contributed by atoms with E-state index in [4.69, 9.17) is 16.3 Å². The summed E-state index contributed by atoms with van der Waals surface area (Å²) in [6.45, 7) is 0. The first kappa shape index (κ1) is 11.6. The number of nitrogens with zero attached hydrogens (tertiary/aromatic N) is 1. The Labute approximate surface area is 115 Å². The lowest BCUT2D eigenvalue weighted by Gasteiger charge is -2.14. The smallest absolute Gasteiger partial charge is 0.256 e. The maximum absolute atomic E-state index is 5.83. The van der Waals surface area contributed by atoms with Gasteiger partial charge in [0.05, 0.1) is 5.69 Å². The van der Waals surface area contributed by atoms with Gasteiger partial charge in [0.1, 0.15) is 5.75 Å². The molecule has 3 rings (SSSR count). The van der Waals surface area contributed by atoms with E-state index in [0.717, 1.165) is 17.2 Å². The molecule has 0 unspecified atom stereocenters. The Bertz CT molecular complexity index is 595. The van der Waals surface area contributed by atoms with E-state index in [-0.39, 0.29) is 0 Å². The average Bonchev–Trinajstić information content (AvgIpc) is 2.41. The zero-order chi connectivity index (χ0) is 12.4. The summed E-state index contributed by atoms with van der Waals surface area (Å²) in [5, 5.41) is 1.38. The number of fused-ring (bicyclic) bond motifs is 1. The molecule has 2 nitrogen and oxygen atoms in total. The highest BCUT2D eigenvalue weighted by molar-refractivity contribution is 8.13. The molecule has 0 bridgehead atoms. The number of hydrogen-bond donors (Lipinski definition) is 0. The van der Waals surface area contributed by atoms with E-state index in [0.29, 0.717) is 10.3 Å². The van der Waals surface area contributed by atoms with Crippen molar-refractivity contribution >= 4 is 34.3 Å². The van der Waals surface area contributed by atoms with Crippen molar-refractivity contribution in [1.29, 1.82) is 0 Å². The van der Waals surface area contributed by atoms with Crippen LogP contribution in [0.1, 0.15) is 5.56 Å². The fourth-order valence-electron chi connectivity index (χ4n) is 1.67. The minimum absolute atomic E-state index is 0.677. The van der Waals surface area contributed by atoms with Crippen LogP contribution in [0.5, 0.6) is 5.75 Å². The van der Waals surface area contributed by atoms with Crippen LogP contribution in [-0.4, -0.2) is 5.23 Å². The summed E-state index contributed by atoms with van der Waals surface area (Å²) < 4.78 is 5.72. The van der Waals surface area contributed by atoms with E-state index in [1.165, 1.54) is 5.56 Å². The summed E-state index contributed by atoms with van der Waals surface area (Å²) in [5.41, 5.74) is 2.23. The van der Waals surface area contributed by atoms with Crippen LogP contribution in [0.3, 0.4) is 0 Å². The van der Waals surface area contributed by atoms with Crippen molar-refractivity contribution in [1.82, 2.24) is 0 Å². The molecule has 0 aromatic heterocycles. The predicted octanol–water partition coefficient (Wildman–Crippen LogP) is 4.65. The second-order valence-corrected chi connectivity index (χ2v) is 5.21. The molecular formula is C14H10ClNOS. The number of ether oxygens (including phenoxy) is 1. The van der Waals surface area contributed by atoms with Crippen molar-refractivity contribution in [3.63, 3.8) is 0 Å². The van der Waals surface area contributed by atoms with Gasteiger partial charge in [0.25, 0.3) is 5.23 Å². The van der Waals surface area contributed by atoms with Gasteiger partial charge in [0.15, 0.2) is 0 Å². The van der Waals surface area contributed by atoms with Crippen LogP contribution < -0.4 is 4.74 Å². The van der Waals surface area contributed by atoms with E-state index in [1.54, 1.807) is 23.9 Å². The van der Waals surface area contributed by atoms with E-state index >= 15 is 0 Å². The van der Waals surface area contributed by atoms with Crippen molar-refractivity contribution in [3.05, 3.63) is 59.1 Å². The van der Waals surface area contributed by atoms with Crippen LogP contribution in [0.25, 0.3) is 0 Å². The topological polar surface area (TPSA) is 21.6 Å². The zero-order valence-electron chi connectivity index (χ0n) is 9.47. The number of aliphatic imine (C=N–C) groups is 1. The molecule has 0 atom stereocenters. The van der Waals surface area contributed by atoms with Crippen LogP contribution >= 0.6 is 23.4 Å². The maximum atomic E-state index is 5.83. The van der Waals surface area contributed by atoms with Gasteiger partial charge in [-0.25, -0.2) is 4.99 Å². The molecule has 0 spiro atoms. The molecule has 4 heteroatoms. The van der Waals surface area contributed by atoms with Gasteiger partial charge in [-0.05, 0) is 35.9 Å². The van der Waals surface area contributed by atoms with E-state index < -0.39 is 0 Å². The predicted molar refractivity (Wildman–Crippen MR) is 76.9 cm³/mol. The highest BCUT2D eigenvalue weighted by atomic mass is 35.5. The highest BCUT2D eigenvalue weighted by Gasteiger charge is 2.13. The van der Waals surface area contributed by atoms with E-state index in [9.17, 15) is 0 Å². The largest absolute Gasteiger partial charge is 0.434 e. The number of para-hydroxylation sites is 1. The second-order valence-electron chi connectivity index (χ2n) is 3.85. The summed E-state index contributed by atoms with van der Waals surface area (Å²) in [6.07, 6.45) is 0. The molecule has 0 aliphatic carbocycles. The summed E-state index contributed by atoms with van der Waals surface area (Å²) in [5.74, 6) is 1.65. The van der Waals surface area contributed by atoms with Gasteiger partial charge < -0.3 is 4.74 Å². The zero-order valence-corrected chi connectivity index (χ0v) is 11.0. The first-order chi connectivity index (χ1) is 8.81. The van der Waals surface area contributed by atoms with Crippen molar-refractivity contribution < 1.29 is 4.74 Å². The Hall–Kier alpha value is -1.45. The number of benzene rings is 2. The standard InChI is InChI=1S/C14H10ClNOS/c15-11-5-7-12(8-6-11)17-14-16-13-4-2-1-3-10(13)9-18-14/h1-8H,9H2. The first-order valence-electron chi connectivity index (χ1n) is 5.54. The fourth-order valence-corrected chi connectivity index (χ4v) is 2.63. The quantitative estimate of drug-likeness (QED) is 0.755. The van der Waals surface area contributed by atoms with Gasteiger partial charge in [-0.3, -0.25) is 0 Å². The molecule has 90 valence electrons. The van der Waals surface area contributed by atoms with Crippen molar-refractivity contribution in [2.75, 3.05) is 0 Å². The number of thioether (sulfide) groups is 1. The third kappa shape index (κ3) is 2.52. The normalized spacial score (nSPS) is 13.7. The molecule has 0 saturated heterocycles. The first-order valence-corrected chi connectivity index (χ1v) is 6.90. The lowest BCUT2D eigenvalue weighted by atomic mass is 10.2. The van der Waals surface area contributed by atoms with Crippen LogP contribution in [-0.2, 0) is 5.75 Å². The van der Waals surface area contributed by atoms with Gasteiger partial charge in [-0.1, -0.05) is 41.6 Å². The fraction of sp³-hybridized carbons (Fsp3) is 0.0714. The monoisotopic (exact) mass is 275 g/mol. The van der Waals surface area contributed by atoms with E-state index in [2.05, 4.69) is 11.1 Å². The van der Waals surface area contributed by atoms with Crippen LogP contribution in [0.2, 0.25) is 5.02 Å². The molecule has 0 saturated carbocycles. The number of hydrogen-bond acceptors (Lipinski definition) is 3. The third-order valence-corrected chi connectivity index (χ3v) is 3.70. The summed E-state index contributed by atoms with van der Waals surface area (Å²) in [4.78, 5) is 4.49. The van der Waals surface area contributed by atoms with Gasteiger partial charge in [0, 0.05) is 10.8 Å². The molecule has 2 aromatic rings. The summed E-state index contributed by atoms with van der Waals surface area (Å²) in [7, 11) is 0. The Morgan fingerprint density at radius 3 is 2.67 bits per heavy atom. The molecule has 1 aliphatic rings. The van der Waals surface area contributed by atoms with Crippen molar-refractivity contribution in [2.24, 2.45) is 4.99 Å². The second kappa shape index (κ2) is 5.04. The van der Waals surface area contributed by atoms with Gasteiger partial charge in [0.2, 0.25) is 0 Å². The van der Waals surface area contributed by atoms with Crippen LogP contribution in [0.15, 0.2) is 53.5 Å². The highest BCUT2D eigenvalue weighted by Crippen LogP contribution is 2.31. The van der Waals surface area contributed by atoms with Crippen molar-refractivity contribution in [2.45, 2.75) is 5.75 Å². The Morgan fingerprint density at radius 2 is 1.83 bits per heavy atom. The molecule has 0 amide bonds. The number of rotatable bonds is 1. The molecule has 18 heavy (non-hydrogen) atoms.